The van der Waals surface area contributed by atoms with Gasteiger partial charge in [0.1, 0.15) is 5.01 Å². The van der Waals surface area contributed by atoms with E-state index in [1.54, 1.807) is 0 Å². The SMILES string of the molecule is CCC(NC(=O)Cc1nnc(N)s1)c1ccc(C)cc1C. The van der Waals surface area contributed by atoms with E-state index in [1.807, 2.05) is 0 Å². The number of aromatic nitrogens is 2. The van der Waals surface area contributed by atoms with Crippen molar-refractivity contribution < 1.29 is 4.79 Å². The van der Waals surface area contributed by atoms with Gasteiger partial charge in [-0.25, -0.2) is 0 Å². The molecule has 0 aliphatic heterocycles. The number of hydrogen-bond acceptors (Lipinski definition) is 5. The molecule has 0 saturated heterocycles. The standard InChI is InChI=1S/C15H20N4OS/c1-4-12(11-6-5-9(2)7-10(11)3)17-13(20)8-14-18-19-15(16)21-14/h5-7,12H,4,8H2,1-3H3,(H2,16,19)(H,17,20). The lowest BCUT2D eigenvalue weighted by atomic mass is 9.97. The van der Waals surface area contributed by atoms with E-state index >= 15 is 0 Å². The fourth-order valence-corrected chi connectivity index (χ4v) is 2.95. The number of rotatable bonds is 5. The van der Waals surface area contributed by atoms with Crippen LogP contribution < -0.4 is 11.1 Å². The zero-order valence-corrected chi connectivity index (χ0v) is 13.3. The van der Waals surface area contributed by atoms with Crippen molar-refractivity contribution >= 4 is 22.4 Å². The Kier molecular flexibility index (Phi) is 4.90. The Morgan fingerprint density at radius 1 is 1.38 bits per heavy atom. The molecule has 0 radical (unpaired) electrons. The molecule has 6 heteroatoms. The molecule has 1 amide bonds. The molecule has 2 rings (SSSR count). The summed E-state index contributed by atoms with van der Waals surface area (Å²) >= 11 is 1.25. The van der Waals surface area contributed by atoms with Crippen LogP contribution in [0.3, 0.4) is 0 Å². The Hall–Kier alpha value is -1.95. The molecule has 1 aromatic carbocycles. The first-order valence-electron chi connectivity index (χ1n) is 6.94. The topological polar surface area (TPSA) is 80.9 Å². The van der Waals surface area contributed by atoms with Crippen molar-refractivity contribution in [2.24, 2.45) is 0 Å². The van der Waals surface area contributed by atoms with E-state index in [2.05, 4.69) is 54.5 Å². The third-order valence-corrected chi connectivity index (χ3v) is 4.09. The zero-order chi connectivity index (χ0) is 15.4. The molecular formula is C15H20N4OS. The maximum Gasteiger partial charge on any atom is 0.227 e. The van der Waals surface area contributed by atoms with Gasteiger partial charge in [0.2, 0.25) is 11.0 Å². The number of carbonyl (C=O) groups is 1. The molecule has 1 heterocycles. The predicted molar refractivity (Wildman–Crippen MR) is 85.1 cm³/mol. The van der Waals surface area contributed by atoms with Crippen LogP contribution in [0.15, 0.2) is 18.2 Å². The number of anilines is 1. The van der Waals surface area contributed by atoms with Gasteiger partial charge < -0.3 is 11.1 Å². The lowest BCUT2D eigenvalue weighted by Crippen LogP contribution is -2.30. The number of nitrogens with two attached hydrogens (primary N) is 1. The highest BCUT2D eigenvalue weighted by Crippen LogP contribution is 2.22. The molecule has 2 aromatic rings. The third kappa shape index (κ3) is 4.01. The van der Waals surface area contributed by atoms with Gasteiger partial charge in [0, 0.05) is 0 Å². The molecule has 0 spiro atoms. The van der Waals surface area contributed by atoms with Crippen LogP contribution in [-0.4, -0.2) is 16.1 Å². The summed E-state index contributed by atoms with van der Waals surface area (Å²) in [7, 11) is 0. The summed E-state index contributed by atoms with van der Waals surface area (Å²) in [6.07, 6.45) is 1.06. The van der Waals surface area contributed by atoms with Crippen LogP contribution in [0.5, 0.6) is 0 Å². The molecule has 0 aliphatic rings. The molecule has 0 bridgehead atoms. The second kappa shape index (κ2) is 6.67. The molecule has 112 valence electrons. The molecule has 3 N–H and O–H groups in total. The minimum atomic E-state index is -0.0574. The fraction of sp³-hybridized carbons (Fsp3) is 0.400. The molecule has 1 aromatic heterocycles. The van der Waals surface area contributed by atoms with Crippen LogP contribution in [0.4, 0.5) is 5.13 Å². The highest BCUT2D eigenvalue weighted by atomic mass is 32.1. The molecule has 1 atom stereocenters. The second-order valence-corrected chi connectivity index (χ2v) is 6.19. The summed E-state index contributed by atoms with van der Waals surface area (Å²) in [4.78, 5) is 12.1. The van der Waals surface area contributed by atoms with E-state index in [-0.39, 0.29) is 18.4 Å². The molecular weight excluding hydrogens is 284 g/mol. The maximum absolute atomic E-state index is 12.1. The summed E-state index contributed by atoms with van der Waals surface area (Å²) < 4.78 is 0. The highest BCUT2D eigenvalue weighted by molar-refractivity contribution is 7.15. The Labute approximate surface area is 128 Å². The number of benzene rings is 1. The first-order valence-corrected chi connectivity index (χ1v) is 7.75. The largest absolute Gasteiger partial charge is 0.374 e. The van der Waals surface area contributed by atoms with Crippen molar-refractivity contribution in [1.29, 1.82) is 0 Å². The zero-order valence-electron chi connectivity index (χ0n) is 12.5. The number of nitrogen functional groups attached to an aromatic ring is 1. The fourth-order valence-electron chi connectivity index (χ4n) is 2.34. The summed E-state index contributed by atoms with van der Waals surface area (Å²) in [6, 6.07) is 6.31. The number of carbonyl (C=O) groups excluding carboxylic acids is 1. The van der Waals surface area contributed by atoms with Crippen molar-refractivity contribution in [1.82, 2.24) is 15.5 Å². The second-order valence-electron chi connectivity index (χ2n) is 5.10. The predicted octanol–water partition coefficient (Wildman–Crippen LogP) is 2.55. The van der Waals surface area contributed by atoms with Crippen LogP contribution in [-0.2, 0) is 11.2 Å². The Morgan fingerprint density at radius 2 is 2.14 bits per heavy atom. The molecule has 21 heavy (non-hydrogen) atoms. The Balaban J connectivity index is 2.06. The van der Waals surface area contributed by atoms with Gasteiger partial charge in [-0.15, -0.1) is 10.2 Å². The Morgan fingerprint density at radius 3 is 2.71 bits per heavy atom. The van der Waals surface area contributed by atoms with Gasteiger partial charge in [-0.3, -0.25) is 4.79 Å². The summed E-state index contributed by atoms with van der Waals surface area (Å²) in [6.45, 7) is 6.20. The lowest BCUT2D eigenvalue weighted by Gasteiger charge is -2.19. The van der Waals surface area contributed by atoms with E-state index in [0.29, 0.717) is 10.1 Å². The number of amides is 1. The van der Waals surface area contributed by atoms with Gasteiger partial charge >= 0.3 is 0 Å². The molecule has 0 aliphatic carbocycles. The van der Waals surface area contributed by atoms with E-state index in [9.17, 15) is 4.79 Å². The third-order valence-electron chi connectivity index (χ3n) is 3.34. The highest BCUT2D eigenvalue weighted by Gasteiger charge is 2.16. The maximum atomic E-state index is 12.1. The summed E-state index contributed by atoms with van der Waals surface area (Å²) in [5.74, 6) is -0.0574. The van der Waals surface area contributed by atoms with Crippen LogP contribution in [0.2, 0.25) is 0 Å². The lowest BCUT2D eigenvalue weighted by molar-refractivity contribution is -0.121. The van der Waals surface area contributed by atoms with E-state index in [4.69, 9.17) is 5.73 Å². The van der Waals surface area contributed by atoms with Gasteiger partial charge in [0.05, 0.1) is 12.5 Å². The quantitative estimate of drug-likeness (QED) is 0.889. The molecule has 5 nitrogen and oxygen atoms in total. The van der Waals surface area contributed by atoms with Crippen molar-refractivity contribution in [2.75, 3.05) is 5.73 Å². The molecule has 1 unspecified atom stereocenters. The normalized spacial score (nSPS) is 12.1. The molecule has 0 saturated carbocycles. The number of hydrogen-bond donors (Lipinski definition) is 2. The van der Waals surface area contributed by atoms with Gasteiger partial charge in [-0.05, 0) is 31.4 Å². The van der Waals surface area contributed by atoms with Gasteiger partial charge in [0.25, 0.3) is 0 Å². The monoisotopic (exact) mass is 304 g/mol. The van der Waals surface area contributed by atoms with E-state index in [1.165, 1.54) is 22.5 Å². The first kappa shape index (κ1) is 15.4. The smallest absolute Gasteiger partial charge is 0.227 e. The van der Waals surface area contributed by atoms with Crippen LogP contribution in [0.25, 0.3) is 0 Å². The van der Waals surface area contributed by atoms with Crippen molar-refractivity contribution in [2.45, 2.75) is 39.7 Å². The van der Waals surface area contributed by atoms with Crippen LogP contribution in [0.1, 0.15) is 41.1 Å². The average Bonchev–Trinajstić information content (AvgIpc) is 2.82. The van der Waals surface area contributed by atoms with Crippen molar-refractivity contribution in [3.63, 3.8) is 0 Å². The summed E-state index contributed by atoms with van der Waals surface area (Å²) in [5, 5.41) is 11.7. The summed E-state index contributed by atoms with van der Waals surface area (Å²) in [5.41, 5.74) is 9.10. The minimum Gasteiger partial charge on any atom is -0.374 e. The average molecular weight is 304 g/mol. The first-order chi connectivity index (χ1) is 9.99. The van der Waals surface area contributed by atoms with Gasteiger partial charge in [-0.2, -0.15) is 0 Å². The number of aryl methyl sites for hydroxylation is 2. The van der Waals surface area contributed by atoms with Crippen LogP contribution >= 0.6 is 11.3 Å². The van der Waals surface area contributed by atoms with Gasteiger partial charge in [-0.1, -0.05) is 42.0 Å². The Bertz CT molecular complexity index is 638. The number of nitrogens with zero attached hydrogens (tertiary/aromatic N) is 2. The molecule has 0 fully saturated rings. The number of nitrogens with one attached hydrogen (secondary N) is 1. The minimum absolute atomic E-state index is 0.0170. The van der Waals surface area contributed by atoms with Crippen molar-refractivity contribution in [3.8, 4) is 0 Å². The van der Waals surface area contributed by atoms with Gasteiger partial charge in [0.15, 0.2) is 0 Å². The van der Waals surface area contributed by atoms with Crippen molar-refractivity contribution in [3.05, 3.63) is 39.9 Å². The van der Waals surface area contributed by atoms with E-state index in [0.717, 1.165) is 12.0 Å². The van der Waals surface area contributed by atoms with E-state index < -0.39 is 0 Å². The van der Waals surface area contributed by atoms with Crippen LogP contribution in [0, 0.1) is 13.8 Å².